The van der Waals surface area contributed by atoms with Gasteiger partial charge >= 0.3 is 30.5 Å². The number of amides is 15. The highest BCUT2D eigenvalue weighted by Crippen LogP contribution is 2.18. The molecule has 1 aromatic rings. The van der Waals surface area contributed by atoms with Crippen molar-refractivity contribution in [2.45, 2.75) is 379 Å². The van der Waals surface area contributed by atoms with Crippen molar-refractivity contribution in [1.82, 2.24) is 85.1 Å². The predicted octanol–water partition coefficient (Wildman–Crippen LogP) is 3.55. The molecule has 1 fully saturated rings. The molecule has 718 valence electrons. The molecule has 0 radical (unpaired) electrons. The molecule has 1 heterocycles. The van der Waals surface area contributed by atoms with Crippen molar-refractivity contribution in [2.24, 2.45) is 5.73 Å². The predicted molar refractivity (Wildman–Crippen MR) is 470 cm³/mol. The van der Waals surface area contributed by atoms with Crippen LogP contribution < -0.4 is 90.8 Å². The number of alkyl carbamates (subject to hydrolysis) is 5. The molecule has 4 unspecified atom stereocenters. The van der Waals surface area contributed by atoms with Gasteiger partial charge < -0.3 is 124 Å². The summed E-state index contributed by atoms with van der Waals surface area (Å²) in [6.07, 6.45) is -3.35. The molecule has 40 nitrogen and oxygen atoms in total. The number of aliphatic hydroxyl groups is 3. The zero-order chi connectivity index (χ0) is 95.3. The van der Waals surface area contributed by atoms with Gasteiger partial charge in [0.25, 0.3) is 0 Å². The first-order valence-corrected chi connectivity index (χ1v) is 44.2. The van der Waals surface area contributed by atoms with Crippen LogP contribution >= 0.6 is 0 Å². The van der Waals surface area contributed by atoms with Crippen LogP contribution in [-0.4, -0.2) is 257 Å². The fourth-order valence-corrected chi connectivity index (χ4v) is 12.6. The quantitative estimate of drug-likeness (QED) is 0.0329. The van der Waals surface area contributed by atoms with Crippen LogP contribution in [0.3, 0.4) is 0 Å². The zero-order valence-corrected chi connectivity index (χ0v) is 77.6. The summed E-state index contributed by atoms with van der Waals surface area (Å²) in [5, 5.41) is 76.2. The zero-order valence-electron chi connectivity index (χ0n) is 77.6. The third kappa shape index (κ3) is 49.8. The number of carbonyl (C=O) groups is 15. The summed E-state index contributed by atoms with van der Waals surface area (Å²) in [7, 11) is 0. The van der Waals surface area contributed by atoms with Crippen molar-refractivity contribution in [3.8, 4) is 0 Å². The molecule has 2 rings (SSSR count). The maximum Gasteiger partial charge on any atom is 0.407 e. The first kappa shape index (κ1) is 112. The van der Waals surface area contributed by atoms with E-state index in [-0.39, 0.29) is 51.7 Å². The standard InChI is InChI=1S/C86H151N17O23/c1-20-22-24-26-28-33-37-55(87)66(106)94-61(43-49-92-80(120)125-85(14,15)16)72(112)103-65(53(4)105)76(116)100-60(42-48-91-79(119)124-84(11,12)13)70(110)97-57-39-45-88-75(115)64(52(3)104)102-73(113)62(44-50-93-81(121)126-86(17,18)19)99-69(109)58(40-46-89-77(117)122-82(5,6)7)96-67(107)56(38-34-29-27-25-23-21-2)95-74(114)63(51-54-35-31-30-32-36-54)101-71(111)59(98-68(57)108)41-47-90-78(118)123-83(8,9)10/h30-32,35-36,52-53,55-65,75,88,104-105,115H,20-29,33-34,37-51,87H2,1-19H3,(H,89,117)(H,90,118)(H,91,119)(H,92,120)(H,93,121)(H,94,106)(H,95,114)(H,96,107)(H,97,110)(H,98,108)(H,99,109)(H,100,116)(H,101,111)(H,102,113)(H,103,112)/t52-,53-,55+,56?,57+,58+,59?,60?,61+,62+,63-,64+,65+,75?/m1/s1. The summed E-state index contributed by atoms with van der Waals surface area (Å²) in [4.78, 5) is 215. The summed E-state index contributed by atoms with van der Waals surface area (Å²) >= 11 is 0. The van der Waals surface area contributed by atoms with Crippen LogP contribution in [0.25, 0.3) is 0 Å². The molecule has 1 saturated heterocycles. The van der Waals surface area contributed by atoms with Crippen LogP contribution in [0.4, 0.5) is 24.0 Å². The fraction of sp³-hybridized carbons (Fsp3) is 0.756. The second-order valence-electron chi connectivity index (χ2n) is 36.7. The number of nitrogens with one attached hydrogen (secondary N) is 16. The second-order valence-corrected chi connectivity index (χ2v) is 36.7. The van der Waals surface area contributed by atoms with Gasteiger partial charge in [-0.15, -0.1) is 0 Å². The van der Waals surface area contributed by atoms with Crippen molar-refractivity contribution in [3.63, 3.8) is 0 Å². The lowest BCUT2D eigenvalue weighted by Gasteiger charge is -2.31. The minimum atomic E-state index is -2.01. The minimum absolute atomic E-state index is 0.0575. The number of carbonyl (C=O) groups excluding carboxylic acids is 15. The molecule has 40 heteroatoms. The largest absolute Gasteiger partial charge is 0.444 e. The van der Waals surface area contributed by atoms with E-state index in [1.54, 1.807) is 134 Å². The van der Waals surface area contributed by atoms with Gasteiger partial charge in [-0.2, -0.15) is 0 Å². The maximum absolute atomic E-state index is 15.5. The molecule has 0 saturated carbocycles. The molecule has 1 aliphatic heterocycles. The molecule has 1 aromatic carbocycles. The number of rotatable bonds is 41. The van der Waals surface area contributed by atoms with Crippen molar-refractivity contribution < 1.29 is 111 Å². The van der Waals surface area contributed by atoms with E-state index in [9.17, 15) is 58.5 Å². The Morgan fingerprint density at radius 1 is 0.421 bits per heavy atom. The van der Waals surface area contributed by atoms with E-state index in [0.29, 0.717) is 24.8 Å². The molecule has 0 aromatic heterocycles. The monoisotopic (exact) mass is 1790 g/mol. The highest BCUT2D eigenvalue weighted by molar-refractivity contribution is 5.99. The molecular weight excluding hydrogens is 1640 g/mol. The summed E-state index contributed by atoms with van der Waals surface area (Å²) in [5.41, 5.74) is 1.87. The van der Waals surface area contributed by atoms with Crippen LogP contribution in [0.5, 0.6) is 0 Å². The Morgan fingerprint density at radius 2 is 0.770 bits per heavy atom. The van der Waals surface area contributed by atoms with Crippen molar-refractivity contribution in [1.29, 1.82) is 0 Å². The number of hydrogen-bond acceptors (Lipinski definition) is 25. The lowest BCUT2D eigenvalue weighted by molar-refractivity contribution is -0.137. The lowest BCUT2D eigenvalue weighted by Crippen LogP contribution is -2.62. The van der Waals surface area contributed by atoms with Gasteiger partial charge in [0, 0.05) is 45.7 Å². The second kappa shape index (κ2) is 56.3. The van der Waals surface area contributed by atoms with E-state index >= 15 is 28.8 Å². The first-order chi connectivity index (χ1) is 58.7. The molecule has 0 bridgehead atoms. The van der Waals surface area contributed by atoms with Gasteiger partial charge in [-0.05, 0) is 175 Å². The number of aliphatic hydroxyl groups excluding tert-OH is 3. The number of ether oxygens (including phenoxy) is 5. The van der Waals surface area contributed by atoms with E-state index in [4.69, 9.17) is 29.4 Å². The fourth-order valence-electron chi connectivity index (χ4n) is 12.6. The average molecular weight is 1790 g/mol. The number of nitrogens with two attached hydrogens (primary N) is 1. The summed E-state index contributed by atoms with van der Waals surface area (Å²) in [5.74, 6) is -10.6. The third-order valence-electron chi connectivity index (χ3n) is 18.9. The third-order valence-corrected chi connectivity index (χ3v) is 18.9. The molecule has 15 amide bonds. The lowest BCUT2D eigenvalue weighted by atomic mass is 10.0. The van der Waals surface area contributed by atoms with Crippen LogP contribution in [0, 0.1) is 0 Å². The van der Waals surface area contributed by atoms with Gasteiger partial charge in [-0.25, -0.2) is 24.0 Å². The molecule has 0 aliphatic carbocycles. The Kier molecular flexibility index (Phi) is 50.1. The van der Waals surface area contributed by atoms with Crippen LogP contribution in [-0.2, 0) is 78.1 Å². The van der Waals surface area contributed by atoms with Crippen LogP contribution in [0.15, 0.2) is 30.3 Å². The summed E-state index contributed by atoms with van der Waals surface area (Å²) in [6.45, 7) is 28.1. The minimum Gasteiger partial charge on any atom is -0.444 e. The Balaban J connectivity index is 3.15. The average Bonchev–Trinajstić information content (AvgIpc) is 0.979. The summed E-state index contributed by atoms with van der Waals surface area (Å²) < 4.78 is 27.1. The van der Waals surface area contributed by atoms with E-state index in [2.05, 4.69) is 92.0 Å². The molecule has 1 aliphatic rings. The number of benzene rings is 1. The van der Waals surface area contributed by atoms with Gasteiger partial charge in [0.15, 0.2) is 0 Å². The SMILES string of the molecule is CCCCCCCCC1NC(=O)[C@@H](Cc2ccccc2)NC(=O)C(CCNC(=O)OC(C)(C)C)NC(=O)[C@@H](NC(=O)C(CCNC(=O)OC(C)(C)C)NC(=O)[C@@H](NC(=O)[C@H](CCNC(=O)OC(C)(C)C)NC(=O)[C@@H](N)CCCCCCCC)[C@@H](C)O)CCNC(O)[C@H]([C@@H](C)O)NC(=O)[C@H](CCNC(=O)OC(C)(C)C)NC(=O)[C@H](CCNC(=O)OC(C)(C)C)NC1=O. The van der Waals surface area contributed by atoms with Gasteiger partial charge in [0.1, 0.15) is 88.6 Å². The smallest absolute Gasteiger partial charge is 0.407 e. The van der Waals surface area contributed by atoms with E-state index in [1.165, 1.54) is 6.92 Å². The van der Waals surface area contributed by atoms with Gasteiger partial charge in [-0.3, -0.25) is 53.3 Å². The van der Waals surface area contributed by atoms with E-state index < -0.39 is 248 Å². The van der Waals surface area contributed by atoms with Crippen molar-refractivity contribution >= 4 is 89.5 Å². The van der Waals surface area contributed by atoms with Gasteiger partial charge in [-0.1, -0.05) is 121 Å². The topological polar surface area (TPSA) is 581 Å². The van der Waals surface area contributed by atoms with Crippen molar-refractivity contribution in [3.05, 3.63) is 35.9 Å². The Labute approximate surface area is 742 Å². The highest BCUT2D eigenvalue weighted by atomic mass is 16.6. The molecule has 126 heavy (non-hydrogen) atoms. The Hall–Kier alpha value is -9.93. The molecule has 21 N–H and O–H groups in total. The van der Waals surface area contributed by atoms with Crippen LogP contribution in [0.1, 0.15) is 266 Å². The van der Waals surface area contributed by atoms with Crippen LogP contribution in [0.2, 0.25) is 0 Å². The molecule has 0 spiro atoms. The Morgan fingerprint density at radius 3 is 1.17 bits per heavy atom. The van der Waals surface area contributed by atoms with Crippen molar-refractivity contribution in [2.75, 3.05) is 39.3 Å². The molecule has 14 atom stereocenters. The normalized spacial score (nSPS) is 20.2. The maximum atomic E-state index is 15.5. The summed E-state index contributed by atoms with van der Waals surface area (Å²) in [6, 6.07) is -10.1. The number of unbranched alkanes of at least 4 members (excludes halogenated alkanes) is 10. The molecular formula is C86H151N17O23. The first-order valence-electron chi connectivity index (χ1n) is 44.2. The van der Waals surface area contributed by atoms with Gasteiger partial charge in [0.05, 0.1) is 24.3 Å². The number of hydrogen-bond donors (Lipinski definition) is 20. The van der Waals surface area contributed by atoms with E-state index in [1.807, 2.05) is 6.92 Å². The Bertz CT molecular complexity index is 3600. The van der Waals surface area contributed by atoms with E-state index in [0.717, 1.165) is 64.7 Å². The highest BCUT2D eigenvalue weighted by Gasteiger charge is 2.40. The van der Waals surface area contributed by atoms with Gasteiger partial charge in [0.2, 0.25) is 59.1 Å².